The number of halogens is 2. The first-order valence-electron chi connectivity index (χ1n) is 25.3. The second-order valence-electron chi connectivity index (χ2n) is 20.5. The van der Waals surface area contributed by atoms with Crippen molar-refractivity contribution in [3.05, 3.63) is 247 Å². The number of hydroxylamine groups is 6. The van der Waals surface area contributed by atoms with E-state index in [2.05, 4.69) is 44.0 Å². The Morgan fingerprint density at radius 2 is 0.816 bits per heavy atom. The minimum Gasteiger partial charge on any atom is -0.633 e. The lowest BCUT2D eigenvalue weighted by Crippen LogP contribution is -2.42. The van der Waals surface area contributed by atoms with Crippen LogP contribution in [0, 0.1) is 10.4 Å². The quantitative estimate of drug-likeness (QED) is 0.0722. The summed E-state index contributed by atoms with van der Waals surface area (Å²) in [5.41, 5.74) is 3.59. The Bertz CT molecular complexity index is 3400. The number of benzene rings is 8. The third-order valence-corrected chi connectivity index (χ3v) is 15.3. The summed E-state index contributed by atoms with van der Waals surface area (Å²) in [7, 11) is 9.64. The number of hydrogen-bond donors (Lipinski definition) is 2. The number of nitrogens with zero attached hydrogens (tertiary/aromatic N) is 4. The van der Waals surface area contributed by atoms with E-state index in [1.807, 2.05) is 182 Å². The highest BCUT2D eigenvalue weighted by Crippen LogP contribution is 2.51. The second-order valence-corrected chi connectivity index (χ2v) is 22.4. The van der Waals surface area contributed by atoms with Gasteiger partial charge in [-0.15, -0.1) is 0 Å². The minimum absolute atomic E-state index is 0.220. The van der Waals surface area contributed by atoms with Crippen molar-refractivity contribution >= 4 is 75.2 Å². The maximum Gasteiger partial charge on any atom is 0.217 e. The maximum atomic E-state index is 13.0. The van der Waals surface area contributed by atoms with Gasteiger partial charge in [0.15, 0.2) is 0 Å². The molecule has 12 heteroatoms. The Morgan fingerprint density at radius 3 is 1.18 bits per heavy atom. The molecule has 0 bridgehead atoms. The van der Waals surface area contributed by atoms with Crippen molar-refractivity contribution in [3.63, 3.8) is 0 Å². The number of fused-ring (bicyclic) bond motifs is 4. The maximum absolute atomic E-state index is 13.0. The van der Waals surface area contributed by atoms with Gasteiger partial charge in [-0.25, -0.2) is 9.97 Å². The Labute approximate surface area is 461 Å². The highest BCUT2D eigenvalue weighted by Gasteiger charge is 2.46. The van der Waals surface area contributed by atoms with E-state index in [1.165, 1.54) is 0 Å². The molecule has 0 radical (unpaired) electrons. The van der Waals surface area contributed by atoms with Crippen LogP contribution in [0.1, 0.15) is 58.1 Å². The van der Waals surface area contributed by atoms with Gasteiger partial charge in [-0.05, 0) is 92.3 Å². The first-order valence-corrected chi connectivity index (χ1v) is 26.9. The summed E-state index contributed by atoms with van der Waals surface area (Å²) >= 11 is 7.16. The molecule has 2 aromatic heterocycles. The van der Waals surface area contributed by atoms with Gasteiger partial charge in [0.25, 0.3) is 0 Å². The van der Waals surface area contributed by atoms with Gasteiger partial charge >= 0.3 is 0 Å². The van der Waals surface area contributed by atoms with Crippen LogP contribution in [0.15, 0.2) is 203 Å². The van der Waals surface area contributed by atoms with Gasteiger partial charge in [-0.3, -0.25) is 0 Å². The molecule has 0 aliphatic carbocycles. The standard InChI is InChI=1S/2C32H31BrN2O3/c2*1-35(2,37)19-18-32(36,28-15-9-13-22-10-7-8-14-26(22)28)30(23-11-5-4-6-12-23)27-21-24-20-25(33)16-17-29(24)34-31(27)38-3/h2*4-17,20-21,30,36H,18-19H2,1-3H3/t2*30-,32+/m10/s1. The molecular weight excluding hydrogens is 1080 g/mol. The zero-order valence-electron chi connectivity index (χ0n) is 43.5. The number of rotatable bonds is 16. The van der Waals surface area contributed by atoms with Crippen LogP contribution >= 0.6 is 31.9 Å². The molecule has 2 heterocycles. The number of aliphatic hydroxyl groups is 2. The summed E-state index contributed by atoms with van der Waals surface area (Å²) in [5, 5.41) is 57.6. The Morgan fingerprint density at radius 1 is 0.461 bits per heavy atom. The molecule has 0 unspecified atom stereocenters. The van der Waals surface area contributed by atoms with E-state index < -0.39 is 32.3 Å². The predicted molar refractivity (Wildman–Crippen MR) is 314 cm³/mol. The molecule has 0 spiro atoms. The van der Waals surface area contributed by atoms with Gasteiger partial charge in [0, 0.05) is 55.5 Å². The molecule has 0 aliphatic heterocycles. The second kappa shape index (κ2) is 22.6. The molecule has 76 heavy (non-hydrogen) atoms. The van der Waals surface area contributed by atoms with Crippen LogP contribution in [-0.2, 0) is 11.2 Å². The van der Waals surface area contributed by atoms with Crippen molar-refractivity contribution in [2.45, 2.75) is 35.9 Å². The normalized spacial score (nSPS) is 14.4. The Hall–Kier alpha value is -6.58. The van der Waals surface area contributed by atoms with E-state index in [1.54, 1.807) is 42.4 Å². The topological polar surface area (TPSA) is 131 Å². The van der Waals surface area contributed by atoms with Gasteiger partial charge in [0.2, 0.25) is 11.8 Å². The summed E-state index contributed by atoms with van der Waals surface area (Å²) < 4.78 is 12.5. The van der Waals surface area contributed by atoms with Gasteiger partial charge in [-0.1, -0.05) is 177 Å². The highest BCUT2D eigenvalue weighted by molar-refractivity contribution is 9.10. The lowest BCUT2D eigenvalue weighted by atomic mass is 9.70. The Balaban J connectivity index is 0.000000186. The first kappa shape index (κ1) is 54.2. The lowest BCUT2D eigenvalue weighted by Gasteiger charge is -2.42. The molecule has 10 nitrogen and oxygen atoms in total. The molecule has 0 fully saturated rings. The highest BCUT2D eigenvalue weighted by atomic mass is 79.9. The molecule has 0 saturated heterocycles. The predicted octanol–water partition coefficient (Wildman–Crippen LogP) is 14.3. The fourth-order valence-corrected chi connectivity index (χ4v) is 11.5. The number of hydrogen-bond acceptors (Lipinski definition) is 8. The number of methoxy groups -OCH3 is 2. The lowest BCUT2D eigenvalue weighted by molar-refractivity contribution is -0.841. The van der Waals surface area contributed by atoms with Crippen molar-refractivity contribution in [2.75, 3.05) is 55.5 Å². The molecule has 0 saturated carbocycles. The zero-order chi connectivity index (χ0) is 53.8. The van der Waals surface area contributed by atoms with Crippen molar-refractivity contribution in [1.82, 2.24) is 9.97 Å². The summed E-state index contributed by atoms with van der Waals surface area (Å²) in [6, 6.07) is 63.8. The summed E-state index contributed by atoms with van der Waals surface area (Å²) in [6.45, 7) is 0.440. The smallest absolute Gasteiger partial charge is 0.217 e. The number of aromatic nitrogens is 2. The fraction of sp³-hybridized carbons (Fsp3) is 0.219. The van der Waals surface area contributed by atoms with Gasteiger partial charge in [0.1, 0.15) is 11.2 Å². The average molecular weight is 1140 g/mol. The molecule has 0 amide bonds. The van der Waals surface area contributed by atoms with E-state index in [4.69, 9.17) is 19.4 Å². The van der Waals surface area contributed by atoms with E-state index in [9.17, 15) is 20.6 Å². The molecule has 4 atom stereocenters. The summed E-state index contributed by atoms with van der Waals surface area (Å²) in [6.07, 6.45) is 0.466. The van der Waals surface area contributed by atoms with Crippen LogP contribution in [-0.4, -0.2) is 85.0 Å². The molecule has 8 aromatic carbocycles. The minimum atomic E-state index is -1.45. The Kier molecular flexibility index (Phi) is 16.1. The molecular formula is C64H62Br2N4O6. The molecule has 0 aliphatic rings. The van der Waals surface area contributed by atoms with E-state index in [0.717, 1.165) is 85.7 Å². The molecule has 10 aromatic rings. The zero-order valence-corrected chi connectivity index (χ0v) is 46.7. The van der Waals surface area contributed by atoms with E-state index in [0.29, 0.717) is 11.8 Å². The SMILES string of the molecule is COc1nc2ccc(Br)cc2cc1[C@@H](c1ccccc1)[C@](O)(CC[N+](C)(C)[O-])c1cccc2ccccc12.COc1nc2ccc(Br)cc2cc1[C@H](c1ccccc1)[C@@](O)(CC[N+](C)(C)[O-])c1cccc2ccccc12. The third-order valence-electron chi connectivity index (χ3n) is 14.3. The third kappa shape index (κ3) is 11.7. The monoisotopic (exact) mass is 1140 g/mol. The first-order chi connectivity index (χ1) is 36.4. The van der Waals surface area contributed by atoms with Crippen LogP contribution < -0.4 is 9.47 Å². The van der Waals surface area contributed by atoms with Gasteiger partial charge in [-0.2, -0.15) is 0 Å². The number of quaternary nitrogens is 2. The van der Waals surface area contributed by atoms with Crippen LogP contribution in [0.25, 0.3) is 43.4 Å². The van der Waals surface area contributed by atoms with Crippen LogP contribution in [0.4, 0.5) is 0 Å². The molecule has 2 N–H and O–H groups in total. The van der Waals surface area contributed by atoms with Crippen molar-refractivity contribution in [2.24, 2.45) is 0 Å². The summed E-state index contributed by atoms with van der Waals surface area (Å²) in [5.74, 6) is -0.231. The van der Waals surface area contributed by atoms with E-state index in [-0.39, 0.29) is 25.9 Å². The summed E-state index contributed by atoms with van der Waals surface area (Å²) in [4.78, 5) is 9.68. The van der Waals surface area contributed by atoms with Gasteiger partial charge < -0.3 is 39.4 Å². The van der Waals surface area contributed by atoms with Crippen LogP contribution in [0.3, 0.4) is 0 Å². The van der Waals surface area contributed by atoms with Crippen molar-refractivity contribution < 1.29 is 29.0 Å². The largest absolute Gasteiger partial charge is 0.633 e. The van der Waals surface area contributed by atoms with E-state index >= 15 is 0 Å². The van der Waals surface area contributed by atoms with Crippen LogP contribution in [0.5, 0.6) is 11.8 Å². The average Bonchev–Trinajstić information content (AvgIpc) is 3.43. The van der Waals surface area contributed by atoms with Crippen molar-refractivity contribution in [1.29, 1.82) is 0 Å². The van der Waals surface area contributed by atoms with Crippen LogP contribution in [0.2, 0.25) is 0 Å². The fourth-order valence-electron chi connectivity index (χ4n) is 10.7. The van der Waals surface area contributed by atoms with Gasteiger partial charge in [0.05, 0.1) is 66.5 Å². The molecule has 10 rings (SSSR count). The molecule has 388 valence electrons. The number of pyridine rings is 2. The number of ether oxygens (including phenoxy) is 2. The van der Waals surface area contributed by atoms with Crippen molar-refractivity contribution in [3.8, 4) is 11.8 Å².